The van der Waals surface area contributed by atoms with Crippen molar-refractivity contribution in [3.05, 3.63) is 16.5 Å². The highest BCUT2D eigenvalue weighted by Crippen LogP contribution is 2.05. The van der Waals surface area contributed by atoms with E-state index in [-0.39, 0.29) is 0 Å². The Kier molecular flexibility index (Phi) is 3.42. The zero-order valence-corrected chi connectivity index (χ0v) is 9.03. The van der Waals surface area contributed by atoms with Gasteiger partial charge in [-0.1, -0.05) is 19.1 Å². The predicted molar refractivity (Wildman–Crippen MR) is 57.6 cm³/mol. The van der Waals surface area contributed by atoms with E-state index < -0.39 is 0 Å². The van der Waals surface area contributed by atoms with Gasteiger partial charge in [0.2, 0.25) is 0 Å². The summed E-state index contributed by atoms with van der Waals surface area (Å²) in [5.41, 5.74) is 0. The first kappa shape index (κ1) is 10.2. The molecule has 1 heterocycles. The SMILES string of the molecule is CCc1nc(=S)cc(NC(C)C)[nH]1. The average molecular weight is 197 g/mol. The van der Waals surface area contributed by atoms with Gasteiger partial charge in [-0.3, -0.25) is 0 Å². The van der Waals surface area contributed by atoms with Crippen molar-refractivity contribution < 1.29 is 0 Å². The molecule has 0 bridgehead atoms. The summed E-state index contributed by atoms with van der Waals surface area (Å²) in [5.74, 6) is 1.88. The van der Waals surface area contributed by atoms with Crippen molar-refractivity contribution >= 4 is 18.0 Å². The second-order valence-corrected chi connectivity index (χ2v) is 3.65. The van der Waals surface area contributed by atoms with Gasteiger partial charge in [-0.25, -0.2) is 4.98 Å². The molecule has 4 heteroatoms. The number of aromatic nitrogens is 2. The lowest BCUT2D eigenvalue weighted by atomic mass is 10.4. The third-order valence-electron chi connectivity index (χ3n) is 1.57. The van der Waals surface area contributed by atoms with Gasteiger partial charge in [-0.2, -0.15) is 0 Å². The second-order valence-electron chi connectivity index (χ2n) is 3.23. The Morgan fingerprint density at radius 2 is 2.31 bits per heavy atom. The molecular formula is C9H15N3S. The van der Waals surface area contributed by atoms with E-state index in [4.69, 9.17) is 12.2 Å². The first-order valence-corrected chi connectivity index (χ1v) is 4.89. The van der Waals surface area contributed by atoms with E-state index in [0.717, 1.165) is 18.1 Å². The Bertz CT molecular complexity index is 330. The van der Waals surface area contributed by atoms with Crippen LogP contribution in [0.3, 0.4) is 0 Å². The van der Waals surface area contributed by atoms with Crippen molar-refractivity contribution in [2.24, 2.45) is 0 Å². The topological polar surface area (TPSA) is 40.7 Å². The predicted octanol–water partition coefficient (Wildman–Crippen LogP) is 2.52. The Hall–Kier alpha value is -0.900. The van der Waals surface area contributed by atoms with Gasteiger partial charge in [-0.15, -0.1) is 0 Å². The standard InChI is InChI=1S/C9H15N3S/c1-4-7-11-8(10-6(2)3)5-9(13)12-7/h5-6H,4H2,1-3H3,(H2,10,11,12,13). The number of H-pyrrole nitrogens is 1. The fourth-order valence-electron chi connectivity index (χ4n) is 1.06. The van der Waals surface area contributed by atoms with Crippen molar-refractivity contribution in [1.29, 1.82) is 0 Å². The maximum absolute atomic E-state index is 5.04. The number of aromatic amines is 1. The smallest absolute Gasteiger partial charge is 0.131 e. The van der Waals surface area contributed by atoms with E-state index in [1.165, 1.54) is 0 Å². The van der Waals surface area contributed by atoms with Crippen molar-refractivity contribution in [3.63, 3.8) is 0 Å². The average Bonchev–Trinajstić information content (AvgIpc) is 2.01. The summed E-state index contributed by atoms with van der Waals surface area (Å²) in [4.78, 5) is 7.36. The maximum Gasteiger partial charge on any atom is 0.131 e. The summed E-state index contributed by atoms with van der Waals surface area (Å²) >= 11 is 5.04. The zero-order valence-electron chi connectivity index (χ0n) is 8.22. The summed E-state index contributed by atoms with van der Waals surface area (Å²) in [5, 5.41) is 3.26. The van der Waals surface area contributed by atoms with Gasteiger partial charge < -0.3 is 10.3 Å². The summed E-state index contributed by atoms with van der Waals surface area (Å²) in [6.07, 6.45) is 0.872. The molecule has 0 aliphatic heterocycles. The molecule has 0 unspecified atom stereocenters. The number of rotatable bonds is 3. The molecular weight excluding hydrogens is 182 g/mol. The van der Waals surface area contributed by atoms with E-state index in [2.05, 4.69) is 29.1 Å². The van der Waals surface area contributed by atoms with Gasteiger partial charge in [0.05, 0.1) is 0 Å². The monoisotopic (exact) mass is 197 g/mol. The summed E-state index contributed by atoms with van der Waals surface area (Å²) in [7, 11) is 0. The Labute approximate surface area is 83.6 Å². The van der Waals surface area contributed by atoms with Crippen LogP contribution in [0.4, 0.5) is 5.82 Å². The Balaban J connectivity index is 2.95. The van der Waals surface area contributed by atoms with Crippen LogP contribution in [0.5, 0.6) is 0 Å². The molecule has 0 saturated heterocycles. The van der Waals surface area contributed by atoms with Crippen molar-refractivity contribution in [3.8, 4) is 0 Å². The minimum absolute atomic E-state index is 0.401. The minimum atomic E-state index is 0.401. The van der Waals surface area contributed by atoms with Crippen LogP contribution in [0.25, 0.3) is 0 Å². The molecule has 0 aromatic carbocycles. The zero-order chi connectivity index (χ0) is 9.84. The normalized spacial score (nSPS) is 10.5. The first-order valence-electron chi connectivity index (χ1n) is 4.48. The van der Waals surface area contributed by atoms with Crippen molar-refractivity contribution in [2.75, 3.05) is 5.32 Å². The molecule has 0 atom stereocenters. The number of anilines is 1. The lowest BCUT2D eigenvalue weighted by molar-refractivity contribution is 0.866. The molecule has 0 spiro atoms. The molecule has 0 aliphatic carbocycles. The van der Waals surface area contributed by atoms with Gasteiger partial charge >= 0.3 is 0 Å². The third-order valence-corrected chi connectivity index (χ3v) is 1.78. The van der Waals surface area contributed by atoms with Gasteiger partial charge in [0.1, 0.15) is 16.3 Å². The van der Waals surface area contributed by atoms with Crippen LogP contribution >= 0.6 is 12.2 Å². The van der Waals surface area contributed by atoms with E-state index >= 15 is 0 Å². The molecule has 1 aromatic rings. The van der Waals surface area contributed by atoms with Crippen LogP contribution in [0, 0.1) is 4.64 Å². The van der Waals surface area contributed by atoms with E-state index in [0.29, 0.717) is 10.7 Å². The highest BCUT2D eigenvalue weighted by Gasteiger charge is 1.98. The van der Waals surface area contributed by atoms with Gasteiger partial charge in [0.15, 0.2) is 0 Å². The molecule has 0 amide bonds. The highest BCUT2D eigenvalue weighted by atomic mass is 32.1. The fraction of sp³-hybridized carbons (Fsp3) is 0.556. The van der Waals surface area contributed by atoms with Gasteiger partial charge in [0.25, 0.3) is 0 Å². The quantitative estimate of drug-likeness (QED) is 0.731. The highest BCUT2D eigenvalue weighted by molar-refractivity contribution is 7.71. The van der Waals surface area contributed by atoms with Crippen LogP contribution in [0.15, 0.2) is 6.07 Å². The number of hydrogen-bond donors (Lipinski definition) is 2. The number of nitrogens with one attached hydrogen (secondary N) is 2. The fourth-order valence-corrected chi connectivity index (χ4v) is 1.29. The van der Waals surface area contributed by atoms with Crippen molar-refractivity contribution in [2.45, 2.75) is 33.2 Å². The lowest BCUT2D eigenvalue weighted by Crippen LogP contribution is -2.12. The van der Waals surface area contributed by atoms with Crippen LogP contribution in [0.1, 0.15) is 26.6 Å². The summed E-state index contributed by atoms with van der Waals surface area (Å²) in [6, 6.07) is 2.24. The minimum Gasteiger partial charge on any atom is -0.369 e. The van der Waals surface area contributed by atoms with Crippen LogP contribution in [0.2, 0.25) is 0 Å². The molecule has 72 valence electrons. The van der Waals surface area contributed by atoms with E-state index in [9.17, 15) is 0 Å². The first-order chi connectivity index (χ1) is 6.11. The van der Waals surface area contributed by atoms with Gasteiger partial charge in [0, 0.05) is 18.5 Å². The number of aryl methyl sites for hydroxylation is 1. The van der Waals surface area contributed by atoms with Gasteiger partial charge in [-0.05, 0) is 13.8 Å². The molecule has 0 radical (unpaired) electrons. The molecule has 13 heavy (non-hydrogen) atoms. The van der Waals surface area contributed by atoms with Crippen LogP contribution in [-0.2, 0) is 6.42 Å². The molecule has 0 aliphatic rings. The molecule has 1 aromatic heterocycles. The Morgan fingerprint density at radius 3 is 2.85 bits per heavy atom. The molecule has 1 rings (SSSR count). The molecule has 0 fully saturated rings. The third kappa shape index (κ3) is 3.14. The van der Waals surface area contributed by atoms with Crippen molar-refractivity contribution in [1.82, 2.24) is 9.97 Å². The molecule has 2 N–H and O–H groups in total. The molecule has 3 nitrogen and oxygen atoms in total. The summed E-state index contributed by atoms with van der Waals surface area (Å²) in [6.45, 7) is 6.22. The molecule has 0 saturated carbocycles. The van der Waals surface area contributed by atoms with Crippen LogP contribution < -0.4 is 5.32 Å². The summed E-state index contributed by atoms with van der Waals surface area (Å²) < 4.78 is 0.638. The Morgan fingerprint density at radius 1 is 1.62 bits per heavy atom. The second kappa shape index (κ2) is 4.37. The lowest BCUT2D eigenvalue weighted by Gasteiger charge is -2.10. The number of hydrogen-bond acceptors (Lipinski definition) is 3. The van der Waals surface area contributed by atoms with Crippen LogP contribution in [-0.4, -0.2) is 16.0 Å². The number of nitrogens with zero attached hydrogens (tertiary/aromatic N) is 1. The van der Waals surface area contributed by atoms with E-state index in [1.54, 1.807) is 0 Å². The maximum atomic E-state index is 5.04. The largest absolute Gasteiger partial charge is 0.369 e. The van der Waals surface area contributed by atoms with E-state index in [1.807, 2.05) is 13.0 Å².